The predicted octanol–water partition coefficient (Wildman–Crippen LogP) is 4.79. The van der Waals surface area contributed by atoms with E-state index in [1.165, 1.54) is 17.2 Å². The maximum atomic E-state index is 13.6. The van der Waals surface area contributed by atoms with Crippen LogP contribution in [0.4, 0.5) is 23.5 Å². The molecule has 0 aliphatic carbocycles. The van der Waals surface area contributed by atoms with Crippen molar-refractivity contribution in [2.45, 2.75) is 33.0 Å². The first-order valence-corrected chi connectivity index (χ1v) is 11.1. The fraction of sp³-hybridized carbons (Fsp3) is 0.391. The number of halogens is 5. The number of nitrogens with zero attached hydrogens (tertiary/aromatic N) is 3. The van der Waals surface area contributed by atoms with Crippen LogP contribution in [0.2, 0.25) is 5.02 Å². The van der Waals surface area contributed by atoms with Gasteiger partial charge in [-0.05, 0) is 54.3 Å². The van der Waals surface area contributed by atoms with Crippen LogP contribution >= 0.6 is 11.6 Å². The number of carboxylic acids is 1. The monoisotopic (exact) mass is 500 g/mol. The SMILES string of the molecule is CCc1cc2c(cc1C)nc(N1CCNCC1)n2Cc1ccc(F)c(Cl)c1.O=C(O)C(F)(F)F. The average Bonchev–Trinajstić information content (AvgIpc) is 3.13. The molecule has 1 saturated heterocycles. The van der Waals surface area contributed by atoms with E-state index < -0.39 is 12.1 Å². The number of carboxylic acid groups (broad SMARTS) is 1. The largest absolute Gasteiger partial charge is 0.490 e. The van der Waals surface area contributed by atoms with Crippen LogP contribution < -0.4 is 10.2 Å². The molecule has 0 amide bonds. The molecule has 1 aromatic heterocycles. The average molecular weight is 501 g/mol. The molecule has 0 bridgehead atoms. The second-order valence-corrected chi connectivity index (χ2v) is 8.31. The number of hydrogen-bond donors (Lipinski definition) is 2. The number of rotatable bonds is 4. The topological polar surface area (TPSA) is 70.4 Å². The summed E-state index contributed by atoms with van der Waals surface area (Å²) < 4.78 is 47.6. The summed E-state index contributed by atoms with van der Waals surface area (Å²) in [6.07, 6.45) is -4.10. The highest BCUT2D eigenvalue weighted by Crippen LogP contribution is 2.28. The highest BCUT2D eigenvalue weighted by Gasteiger charge is 2.38. The third-order valence-corrected chi connectivity index (χ3v) is 5.82. The Balaban J connectivity index is 0.000000406. The van der Waals surface area contributed by atoms with Gasteiger partial charge in [0, 0.05) is 26.2 Å². The van der Waals surface area contributed by atoms with Crippen LogP contribution in [0.5, 0.6) is 0 Å². The zero-order valence-corrected chi connectivity index (χ0v) is 19.5. The highest BCUT2D eigenvalue weighted by molar-refractivity contribution is 6.30. The van der Waals surface area contributed by atoms with E-state index in [-0.39, 0.29) is 10.8 Å². The standard InChI is InChI=1S/C21H24ClFN4.C2HF3O2/c1-3-16-12-20-19(10-14(16)2)25-21(26-8-6-24-7-9-26)27(20)13-15-4-5-18(23)17(22)11-15;3-2(4,5)1(6)7/h4-5,10-12,24H,3,6-9,13H2,1-2H3;(H,6,7). The minimum Gasteiger partial charge on any atom is -0.475 e. The lowest BCUT2D eigenvalue weighted by Crippen LogP contribution is -2.44. The van der Waals surface area contributed by atoms with E-state index in [0.717, 1.165) is 55.1 Å². The van der Waals surface area contributed by atoms with Crippen LogP contribution in [-0.2, 0) is 17.8 Å². The lowest BCUT2D eigenvalue weighted by atomic mass is 10.1. The molecule has 2 N–H and O–H groups in total. The maximum Gasteiger partial charge on any atom is 0.490 e. The Morgan fingerprint density at radius 2 is 1.85 bits per heavy atom. The summed E-state index contributed by atoms with van der Waals surface area (Å²) in [7, 11) is 0. The van der Waals surface area contributed by atoms with Crippen molar-refractivity contribution in [1.29, 1.82) is 0 Å². The summed E-state index contributed by atoms with van der Waals surface area (Å²) in [5, 5.41) is 10.7. The summed E-state index contributed by atoms with van der Waals surface area (Å²) in [5.74, 6) is -2.17. The summed E-state index contributed by atoms with van der Waals surface area (Å²) >= 11 is 6.01. The molecule has 2 aromatic carbocycles. The molecule has 11 heteroatoms. The highest BCUT2D eigenvalue weighted by atomic mass is 35.5. The molecule has 184 valence electrons. The van der Waals surface area contributed by atoms with Crippen molar-refractivity contribution in [3.05, 3.63) is 57.9 Å². The van der Waals surface area contributed by atoms with E-state index in [4.69, 9.17) is 26.5 Å². The number of nitrogens with one attached hydrogen (secondary N) is 1. The van der Waals surface area contributed by atoms with Gasteiger partial charge in [0.15, 0.2) is 0 Å². The van der Waals surface area contributed by atoms with Crippen molar-refractivity contribution < 1.29 is 27.5 Å². The summed E-state index contributed by atoms with van der Waals surface area (Å²) in [5.41, 5.74) is 5.69. The summed E-state index contributed by atoms with van der Waals surface area (Å²) in [6.45, 7) is 8.67. The van der Waals surface area contributed by atoms with Gasteiger partial charge in [0.05, 0.1) is 22.6 Å². The van der Waals surface area contributed by atoms with Gasteiger partial charge in [-0.25, -0.2) is 14.2 Å². The maximum absolute atomic E-state index is 13.6. The van der Waals surface area contributed by atoms with Gasteiger partial charge in [0.25, 0.3) is 0 Å². The third kappa shape index (κ3) is 5.98. The van der Waals surface area contributed by atoms with Crippen LogP contribution in [0.1, 0.15) is 23.6 Å². The molecule has 34 heavy (non-hydrogen) atoms. The van der Waals surface area contributed by atoms with Gasteiger partial charge in [-0.3, -0.25) is 0 Å². The number of aryl methyl sites for hydroxylation is 2. The first-order valence-electron chi connectivity index (χ1n) is 10.7. The van der Waals surface area contributed by atoms with Gasteiger partial charge in [-0.15, -0.1) is 0 Å². The van der Waals surface area contributed by atoms with E-state index in [1.807, 2.05) is 0 Å². The number of alkyl halides is 3. The summed E-state index contributed by atoms with van der Waals surface area (Å²) in [6, 6.07) is 9.36. The molecule has 6 nitrogen and oxygen atoms in total. The van der Waals surface area contributed by atoms with Crippen LogP contribution in [-0.4, -0.2) is 53.0 Å². The Labute approximate surface area is 199 Å². The molecular weight excluding hydrogens is 476 g/mol. The zero-order chi connectivity index (χ0) is 25.0. The molecule has 0 spiro atoms. The number of anilines is 1. The smallest absolute Gasteiger partial charge is 0.475 e. The number of carbonyl (C=O) groups is 1. The van der Waals surface area contributed by atoms with Crippen LogP contribution in [0.3, 0.4) is 0 Å². The fourth-order valence-corrected chi connectivity index (χ4v) is 3.97. The van der Waals surface area contributed by atoms with E-state index in [1.54, 1.807) is 12.1 Å². The van der Waals surface area contributed by atoms with Crippen molar-refractivity contribution in [3.63, 3.8) is 0 Å². The molecule has 3 aromatic rings. The Hall–Kier alpha value is -2.85. The van der Waals surface area contributed by atoms with Gasteiger partial charge in [0.2, 0.25) is 5.95 Å². The Morgan fingerprint density at radius 1 is 1.21 bits per heavy atom. The molecule has 1 aliphatic heterocycles. The van der Waals surface area contributed by atoms with Gasteiger partial charge in [0.1, 0.15) is 5.82 Å². The lowest BCUT2D eigenvalue weighted by molar-refractivity contribution is -0.192. The third-order valence-electron chi connectivity index (χ3n) is 5.53. The number of imidazole rings is 1. The van der Waals surface area contributed by atoms with Crippen LogP contribution in [0, 0.1) is 12.7 Å². The molecule has 0 unspecified atom stereocenters. The minimum absolute atomic E-state index is 0.158. The van der Waals surface area contributed by atoms with Crippen molar-refractivity contribution in [2.24, 2.45) is 0 Å². The molecular formula is C23H25ClF4N4O2. The molecule has 1 fully saturated rings. The quantitative estimate of drug-likeness (QED) is 0.504. The number of hydrogen-bond acceptors (Lipinski definition) is 4. The van der Waals surface area contributed by atoms with E-state index in [9.17, 15) is 17.6 Å². The van der Waals surface area contributed by atoms with Crippen molar-refractivity contribution in [1.82, 2.24) is 14.9 Å². The Bertz CT molecular complexity index is 1170. The van der Waals surface area contributed by atoms with Gasteiger partial charge in [-0.1, -0.05) is 24.6 Å². The number of aromatic nitrogens is 2. The normalized spacial score (nSPS) is 14.1. The first-order chi connectivity index (χ1) is 16.0. The van der Waals surface area contributed by atoms with Crippen LogP contribution in [0.25, 0.3) is 11.0 Å². The van der Waals surface area contributed by atoms with Gasteiger partial charge in [-0.2, -0.15) is 13.2 Å². The predicted molar refractivity (Wildman–Crippen MR) is 123 cm³/mol. The zero-order valence-electron chi connectivity index (χ0n) is 18.7. The number of aliphatic carboxylic acids is 1. The number of fused-ring (bicyclic) bond motifs is 1. The van der Waals surface area contributed by atoms with Crippen molar-refractivity contribution >= 4 is 34.6 Å². The Kier molecular flexibility index (Phi) is 8.04. The van der Waals surface area contributed by atoms with Crippen molar-refractivity contribution in [2.75, 3.05) is 31.1 Å². The number of benzene rings is 2. The molecule has 0 saturated carbocycles. The molecule has 0 atom stereocenters. The minimum atomic E-state index is -5.08. The molecule has 4 rings (SSSR count). The molecule has 2 heterocycles. The van der Waals surface area contributed by atoms with E-state index >= 15 is 0 Å². The Morgan fingerprint density at radius 3 is 2.41 bits per heavy atom. The fourth-order valence-electron chi connectivity index (χ4n) is 3.77. The lowest BCUT2D eigenvalue weighted by Gasteiger charge is -2.29. The van der Waals surface area contributed by atoms with Crippen molar-refractivity contribution in [3.8, 4) is 0 Å². The number of piperazine rings is 1. The van der Waals surface area contributed by atoms with Gasteiger partial charge >= 0.3 is 12.1 Å². The molecule has 0 radical (unpaired) electrons. The second kappa shape index (κ2) is 10.6. The van der Waals surface area contributed by atoms with Gasteiger partial charge < -0.3 is 19.9 Å². The molecule has 1 aliphatic rings. The van der Waals surface area contributed by atoms with Crippen LogP contribution in [0.15, 0.2) is 30.3 Å². The first kappa shape index (κ1) is 25.8. The summed E-state index contributed by atoms with van der Waals surface area (Å²) in [4.78, 5) is 16.2. The second-order valence-electron chi connectivity index (χ2n) is 7.91. The van der Waals surface area contributed by atoms with E-state index in [2.05, 4.69) is 40.8 Å². The van der Waals surface area contributed by atoms with E-state index in [0.29, 0.717) is 6.54 Å².